The maximum absolute atomic E-state index is 11.2. The standard InChI is InChI=1S/C12H15NO4/c14-11(13-8-6-12(15)16)7-9-17-10-4-2-1-3-5-10/h1-5H,6-9H2,(H,13,14)(H,15,16). The summed E-state index contributed by atoms with van der Waals surface area (Å²) < 4.78 is 5.33. The van der Waals surface area contributed by atoms with Crippen LogP contribution < -0.4 is 10.1 Å². The summed E-state index contributed by atoms with van der Waals surface area (Å²) in [6, 6.07) is 9.20. The average Bonchev–Trinajstić information content (AvgIpc) is 2.30. The number of rotatable bonds is 7. The number of carbonyl (C=O) groups is 2. The first-order valence-electron chi connectivity index (χ1n) is 5.35. The van der Waals surface area contributed by atoms with E-state index in [1.165, 1.54) is 0 Å². The molecule has 0 aromatic heterocycles. The number of hydrogen-bond donors (Lipinski definition) is 2. The van der Waals surface area contributed by atoms with E-state index in [4.69, 9.17) is 9.84 Å². The highest BCUT2D eigenvalue weighted by Crippen LogP contribution is 2.08. The molecule has 0 atom stereocenters. The van der Waals surface area contributed by atoms with Gasteiger partial charge < -0.3 is 15.2 Å². The van der Waals surface area contributed by atoms with Crippen LogP contribution in [-0.4, -0.2) is 30.1 Å². The summed E-state index contributed by atoms with van der Waals surface area (Å²) >= 11 is 0. The summed E-state index contributed by atoms with van der Waals surface area (Å²) in [5, 5.41) is 10.9. The van der Waals surface area contributed by atoms with Gasteiger partial charge >= 0.3 is 5.97 Å². The minimum atomic E-state index is -0.925. The van der Waals surface area contributed by atoms with Gasteiger partial charge in [-0.1, -0.05) is 18.2 Å². The molecule has 5 nitrogen and oxygen atoms in total. The van der Waals surface area contributed by atoms with E-state index in [0.29, 0.717) is 5.75 Å². The number of hydrogen-bond acceptors (Lipinski definition) is 3. The van der Waals surface area contributed by atoms with Crippen LogP contribution in [0.15, 0.2) is 30.3 Å². The van der Waals surface area contributed by atoms with Crippen molar-refractivity contribution in [2.75, 3.05) is 13.2 Å². The van der Waals surface area contributed by atoms with Crippen LogP contribution in [0.2, 0.25) is 0 Å². The Morgan fingerprint density at radius 2 is 1.88 bits per heavy atom. The molecule has 0 saturated heterocycles. The fourth-order valence-corrected chi connectivity index (χ4v) is 1.18. The highest BCUT2D eigenvalue weighted by atomic mass is 16.5. The number of nitrogens with one attached hydrogen (secondary N) is 1. The second-order valence-corrected chi connectivity index (χ2v) is 3.41. The number of benzene rings is 1. The predicted molar refractivity (Wildman–Crippen MR) is 61.8 cm³/mol. The third-order valence-electron chi connectivity index (χ3n) is 2.00. The second kappa shape index (κ2) is 7.27. The van der Waals surface area contributed by atoms with Crippen LogP contribution in [-0.2, 0) is 9.59 Å². The minimum absolute atomic E-state index is 0.0642. The van der Waals surface area contributed by atoms with Gasteiger partial charge in [-0.15, -0.1) is 0 Å². The van der Waals surface area contributed by atoms with Crippen LogP contribution >= 0.6 is 0 Å². The van der Waals surface area contributed by atoms with Gasteiger partial charge in [0.05, 0.1) is 19.4 Å². The van der Waals surface area contributed by atoms with E-state index in [9.17, 15) is 9.59 Å². The SMILES string of the molecule is O=C(O)CCNC(=O)CCOc1ccccc1. The Morgan fingerprint density at radius 1 is 1.18 bits per heavy atom. The smallest absolute Gasteiger partial charge is 0.305 e. The molecule has 0 radical (unpaired) electrons. The first-order chi connectivity index (χ1) is 8.18. The number of carboxylic acid groups (broad SMARTS) is 1. The van der Waals surface area contributed by atoms with Crippen molar-refractivity contribution in [2.45, 2.75) is 12.8 Å². The van der Waals surface area contributed by atoms with Crippen LogP contribution in [0, 0.1) is 0 Å². The predicted octanol–water partition coefficient (Wildman–Crippen LogP) is 1.05. The summed E-state index contributed by atoms with van der Waals surface area (Å²) in [5.74, 6) is -0.418. The Labute approximate surface area is 99.4 Å². The normalized spacial score (nSPS) is 9.65. The molecule has 1 amide bonds. The first kappa shape index (κ1) is 13.0. The van der Waals surface area contributed by atoms with E-state index in [1.807, 2.05) is 30.3 Å². The van der Waals surface area contributed by atoms with Gasteiger partial charge in [-0.2, -0.15) is 0 Å². The Hall–Kier alpha value is -2.04. The number of para-hydroxylation sites is 1. The van der Waals surface area contributed by atoms with Gasteiger partial charge in [0.1, 0.15) is 5.75 Å². The van der Waals surface area contributed by atoms with E-state index < -0.39 is 5.97 Å². The number of amides is 1. The van der Waals surface area contributed by atoms with E-state index in [0.717, 1.165) is 0 Å². The number of aliphatic carboxylic acids is 1. The van der Waals surface area contributed by atoms with Crippen LogP contribution in [0.4, 0.5) is 0 Å². The molecule has 0 fully saturated rings. The van der Waals surface area contributed by atoms with Crippen LogP contribution in [0.1, 0.15) is 12.8 Å². The molecule has 0 bridgehead atoms. The van der Waals surface area contributed by atoms with E-state index in [1.54, 1.807) is 0 Å². The van der Waals surface area contributed by atoms with Gasteiger partial charge in [0.2, 0.25) is 5.91 Å². The van der Waals surface area contributed by atoms with E-state index >= 15 is 0 Å². The summed E-state index contributed by atoms with van der Waals surface area (Å²) in [6.07, 6.45) is 0.153. The van der Waals surface area contributed by atoms with E-state index in [-0.39, 0.29) is 31.9 Å². The molecule has 17 heavy (non-hydrogen) atoms. The van der Waals surface area contributed by atoms with Gasteiger partial charge in [-0.25, -0.2) is 0 Å². The molecule has 1 rings (SSSR count). The highest BCUT2D eigenvalue weighted by molar-refractivity contribution is 5.76. The Balaban J connectivity index is 2.10. The Bertz CT molecular complexity index is 364. The molecule has 0 heterocycles. The van der Waals surface area contributed by atoms with Gasteiger partial charge in [0.15, 0.2) is 0 Å². The molecule has 5 heteroatoms. The molecule has 1 aromatic carbocycles. The lowest BCUT2D eigenvalue weighted by molar-refractivity contribution is -0.136. The molecule has 1 aromatic rings. The highest BCUT2D eigenvalue weighted by Gasteiger charge is 2.02. The molecule has 0 unspecified atom stereocenters. The Kier molecular flexibility index (Phi) is 5.57. The Morgan fingerprint density at radius 3 is 2.53 bits per heavy atom. The molecular weight excluding hydrogens is 222 g/mol. The zero-order chi connectivity index (χ0) is 12.5. The lowest BCUT2D eigenvalue weighted by Crippen LogP contribution is -2.27. The monoisotopic (exact) mass is 237 g/mol. The van der Waals surface area contributed by atoms with Crippen molar-refractivity contribution in [1.29, 1.82) is 0 Å². The zero-order valence-electron chi connectivity index (χ0n) is 9.39. The van der Waals surface area contributed by atoms with Crippen LogP contribution in [0.25, 0.3) is 0 Å². The number of carbonyl (C=O) groups excluding carboxylic acids is 1. The minimum Gasteiger partial charge on any atom is -0.493 e. The molecule has 92 valence electrons. The summed E-state index contributed by atoms with van der Waals surface area (Å²) in [4.78, 5) is 21.4. The third kappa shape index (κ3) is 6.19. The molecule has 0 aliphatic rings. The summed E-state index contributed by atoms with van der Waals surface area (Å²) in [6.45, 7) is 0.433. The molecule has 0 aliphatic heterocycles. The van der Waals surface area contributed by atoms with Crippen molar-refractivity contribution in [3.8, 4) is 5.75 Å². The topological polar surface area (TPSA) is 75.6 Å². The van der Waals surface area contributed by atoms with Crippen molar-refractivity contribution in [3.63, 3.8) is 0 Å². The molecular formula is C12H15NO4. The quantitative estimate of drug-likeness (QED) is 0.743. The van der Waals surface area contributed by atoms with Crippen molar-refractivity contribution >= 4 is 11.9 Å². The van der Waals surface area contributed by atoms with Gasteiger partial charge in [0, 0.05) is 6.54 Å². The van der Waals surface area contributed by atoms with E-state index in [2.05, 4.69) is 5.32 Å². The van der Waals surface area contributed by atoms with Gasteiger partial charge in [-0.3, -0.25) is 9.59 Å². The maximum Gasteiger partial charge on any atom is 0.305 e. The molecule has 2 N–H and O–H groups in total. The van der Waals surface area contributed by atoms with Gasteiger partial charge in [-0.05, 0) is 12.1 Å². The number of ether oxygens (including phenoxy) is 1. The summed E-state index contributed by atoms with van der Waals surface area (Å²) in [7, 11) is 0. The second-order valence-electron chi connectivity index (χ2n) is 3.41. The van der Waals surface area contributed by atoms with Crippen molar-refractivity contribution in [2.24, 2.45) is 0 Å². The fraction of sp³-hybridized carbons (Fsp3) is 0.333. The molecule has 0 spiro atoms. The summed E-state index contributed by atoms with van der Waals surface area (Å²) in [5.41, 5.74) is 0. The van der Waals surface area contributed by atoms with Gasteiger partial charge in [0.25, 0.3) is 0 Å². The van der Waals surface area contributed by atoms with Crippen LogP contribution in [0.5, 0.6) is 5.75 Å². The fourth-order valence-electron chi connectivity index (χ4n) is 1.18. The van der Waals surface area contributed by atoms with Crippen molar-refractivity contribution < 1.29 is 19.4 Å². The van der Waals surface area contributed by atoms with Crippen molar-refractivity contribution in [3.05, 3.63) is 30.3 Å². The molecule has 0 aliphatic carbocycles. The lowest BCUT2D eigenvalue weighted by Gasteiger charge is -2.06. The average molecular weight is 237 g/mol. The molecule has 0 saturated carbocycles. The maximum atomic E-state index is 11.2. The first-order valence-corrected chi connectivity index (χ1v) is 5.35. The third-order valence-corrected chi connectivity index (χ3v) is 2.00. The largest absolute Gasteiger partial charge is 0.493 e. The van der Waals surface area contributed by atoms with Crippen LogP contribution in [0.3, 0.4) is 0 Å². The van der Waals surface area contributed by atoms with Crippen molar-refractivity contribution in [1.82, 2.24) is 5.32 Å². The lowest BCUT2D eigenvalue weighted by atomic mass is 10.3. The zero-order valence-corrected chi connectivity index (χ0v) is 9.39. The number of carboxylic acids is 1.